The van der Waals surface area contributed by atoms with Gasteiger partial charge in [-0.25, -0.2) is 0 Å². The van der Waals surface area contributed by atoms with Crippen LogP contribution in [0.4, 0.5) is 0 Å². The van der Waals surface area contributed by atoms with Gasteiger partial charge in [0, 0.05) is 0 Å². The smallest absolute Gasteiger partial charge is 0.136 e. The van der Waals surface area contributed by atoms with Crippen LogP contribution in [0.25, 0.3) is 0 Å². The van der Waals surface area contributed by atoms with Crippen molar-refractivity contribution in [1.82, 2.24) is 0 Å². The zero-order valence-electron chi connectivity index (χ0n) is 8.43. The van der Waals surface area contributed by atoms with Gasteiger partial charge in [0.05, 0.1) is 12.1 Å². The molecule has 0 aromatic heterocycles. The Bertz CT molecular complexity index is 379. The molecule has 74 valence electrons. The summed E-state index contributed by atoms with van der Waals surface area (Å²) in [6, 6.07) is 14.0. The van der Waals surface area contributed by atoms with Crippen LogP contribution in [0.15, 0.2) is 42.5 Å². The summed E-state index contributed by atoms with van der Waals surface area (Å²) in [5.41, 5.74) is 1.24. The fraction of sp³-hybridized carbons (Fsp3) is 0.231. The molecule has 0 radical (unpaired) electrons. The Morgan fingerprint density at radius 3 is 2.33 bits per heavy atom. The predicted octanol–water partition coefficient (Wildman–Crippen LogP) is 2.84. The zero-order valence-corrected chi connectivity index (χ0v) is 8.43. The highest BCUT2D eigenvalue weighted by Gasteiger charge is 2.00. The molecule has 0 N–H and O–H groups in total. The summed E-state index contributed by atoms with van der Waals surface area (Å²) in [4.78, 5) is 0. The molecule has 0 bridgehead atoms. The van der Waals surface area contributed by atoms with Crippen molar-refractivity contribution in [1.29, 1.82) is 10.5 Å². The average molecular weight is 196 g/mol. The molecular weight excluding hydrogens is 184 g/mol. The SMILES string of the molecule is N#CC(C#N)C/C=C/Cc1ccccc1. The Morgan fingerprint density at radius 1 is 1.07 bits per heavy atom. The van der Waals surface area contributed by atoms with E-state index < -0.39 is 5.92 Å². The number of nitrogens with zero attached hydrogens (tertiary/aromatic N) is 2. The third-order valence-electron chi connectivity index (χ3n) is 2.05. The minimum absolute atomic E-state index is 0.514. The maximum absolute atomic E-state index is 8.54. The van der Waals surface area contributed by atoms with E-state index in [0.717, 1.165) is 6.42 Å². The van der Waals surface area contributed by atoms with Gasteiger partial charge in [-0.15, -0.1) is 0 Å². The molecule has 0 unspecified atom stereocenters. The van der Waals surface area contributed by atoms with E-state index in [9.17, 15) is 0 Å². The van der Waals surface area contributed by atoms with Crippen LogP contribution in [0.1, 0.15) is 12.0 Å². The van der Waals surface area contributed by atoms with Gasteiger partial charge in [-0.2, -0.15) is 10.5 Å². The molecule has 0 aliphatic heterocycles. The molecule has 1 aromatic rings. The van der Waals surface area contributed by atoms with Crippen LogP contribution >= 0.6 is 0 Å². The summed E-state index contributed by atoms with van der Waals surface area (Å²) >= 11 is 0. The van der Waals surface area contributed by atoms with Gasteiger partial charge in [0.2, 0.25) is 0 Å². The van der Waals surface area contributed by atoms with Crippen LogP contribution in [-0.4, -0.2) is 0 Å². The highest BCUT2D eigenvalue weighted by atomic mass is 14.3. The highest BCUT2D eigenvalue weighted by molar-refractivity contribution is 5.17. The van der Waals surface area contributed by atoms with Gasteiger partial charge in [0.15, 0.2) is 0 Å². The van der Waals surface area contributed by atoms with E-state index >= 15 is 0 Å². The van der Waals surface area contributed by atoms with E-state index in [1.807, 2.05) is 42.5 Å². The summed E-state index contributed by atoms with van der Waals surface area (Å²) in [6.07, 6.45) is 5.26. The first-order valence-corrected chi connectivity index (χ1v) is 4.85. The molecule has 0 aliphatic carbocycles. The van der Waals surface area contributed by atoms with Crippen molar-refractivity contribution in [2.24, 2.45) is 5.92 Å². The average Bonchev–Trinajstić information content (AvgIpc) is 2.31. The van der Waals surface area contributed by atoms with Crippen molar-refractivity contribution >= 4 is 0 Å². The van der Waals surface area contributed by atoms with Gasteiger partial charge < -0.3 is 0 Å². The third-order valence-corrected chi connectivity index (χ3v) is 2.05. The molecule has 0 spiro atoms. The molecule has 0 aliphatic rings. The fourth-order valence-electron chi connectivity index (χ4n) is 1.20. The lowest BCUT2D eigenvalue weighted by atomic mass is 10.1. The number of rotatable bonds is 4. The first-order chi connectivity index (χ1) is 7.36. The molecule has 0 amide bonds. The largest absolute Gasteiger partial charge is 0.197 e. The van der Waals surface area contributed by atoms with Crippen LogP contribution in [0.5, 0.6) is 0 Å². The Balaban J connectivity index is 2.36. The van der Waals surface area contributed by atoms with Crippen LogP contribution in [0, 0.1) is 28.6 Å². The summed E-state index contributed by atoms with van der Waals surface area (Å²) in [5, 5.41) is 17.1. The van der Waals surface area contributed by atoms with Gasteiger partial charge in [-0.1, -0.05) is 42.5 Å². The van der Waals surface area contributed by atoms with Gasteiger partial charge in [-0.05, 0) is 18.4 Å². The summed E-state index contributed by atoms with van der Waals surface area (Å²) in [5.74, 6) is -0.517. The Hall–Kier alpha value is -2.06. The molecule has 0 saturated heterocycles. The molecule has 0 heterocycles. The number of nitriles is 2. The Morgan fingerprint density at radius 2 is 1.73 bits per heavy atom. The monoisotopic (exact) mass is 196 g/mol. The van der Waals surface area contributed by atoms with Gasteiger partial charge in [0.25, 0.3) is 0 Å². The quantitative estimate of drug-likeness (QED) is 0.695. The van der Waals surface area contributed by atoms with E-state index in [0.29, 0.717) is 6.42 Å². The van der Waals surface area contributed by atoms with Crippen molar-refractivity contribution in [3.05, 3.63) is 48.0 Å². The molecule has 2 nitrogen and oxygen atoms in total. The Labute approximate surface area is 90.1 Å². The van der Waals surface area contributed by atoms with Gasteiger partial charge in [-0.3, -0.25) is 0 Å². The number of hydrogen-bond donors (Lipinski definition) is 0. The lowest BCUT2D eigenvalue weighted by Crippen LogP contribution is -1.89. The van der Waals surface area contributed by atoms with Crippen molar-refractivity contribution < 1.29 is 0 Å². The van der Waals surface area contributed by atoms with E-state index in [1.165, 1.54) is 5.56 Å². The van der Waals surface area contributed by atoms with Crippen molar-refractivity contribution in [3.63, 3.8) is 0 Å². The van der Waals surface area contributed by atoms with E-state index in [1.54, 1.807) is 0 Å². The molecular formula is C13H12N2. The first kappa shape index (κ1) is 11.0. The summed E-state index contributed by atoms with van der Waals surface area (Å²) in [6.45, 7) is 0. The van der Waals surface area contributed by atoms with E-state index in [2.05, 4.69) is 12.1 Å². The normalized spacial score (nSPS) is 10.1. The van der Waals surface area contributed by atoms with Crippen LogP contribution in [-0.2, 0) is 6.42 Å². The molecule has 1 aromatic carbocycles. The lowest BCUT2D eigenvalue weighted by Gasteiger charge is -1.94. The predicted molar refractivity (Wildman–Crippen MR) is 58.6 cm³/mol. The van der Waals surface area contributed by atoms with Crippen molar-refractivity contribution in [2.45, 2.75) is 12.8 Å². The molecule has 15 heavy (non-hydrogen) atoms. The van der Waals surface area contributed by atoms with Crippen LogP contribution < -0.4 is 0 Å². The van der Waals surface area contributed by atoms with E-state index in [4.69, 9.17) is 10.5 Å². The molecule has 0 saturated carbocycles. The lowest BCUT2D eigenvalue weighted by molar-refractivity contribution is 0.860. The van der Waals surface area contributed by atoms with Gasteiger partial charge in [0.1, 0.15) is 5.92 Å². The van der Waals surface area contributed by atoms with Gasteiger partial charge >= 0.3 is 0 Å². The number of hydrogen-bond acceptors (Lipinski definition) is 2. The van der Waals surface area contributed by atoms with Crippen molar-refractivity contribution in [3.8, 4) is 12.1 Å². The Kier molecular flexibility index (Phi) is 4.70. The topological polar surface area (TPSA) is 47.6 Å². The van der Waals surface area contributed by atoms with E-state index in [-0.39, 0.29) is 0 Å². The zero-order chi connectivity index (χ0) is 10.9. The number of benzene rings is 1. The molecule has 0 fully saturated rings. The standard InChI is InChI=1S/C13H12N2/c14-10-13(11-15)9-5-4-8-12-6-2-1-3-7-12/h1-7,13H,8-9H2/b5-4+. The highest BCUT2D eigenvalue weighted by Crippen LogP contribution is 2.03. The minimum atomic E-state index is -0.517. The maximum atomic E-state index is 8.54. The minimum Gasteiger partial charge on any atom is -0.197 e. The summed E-state index contributed by atoms with van der Waals surface area (Å²) < 4.78 is 0. The maximum Gasteiger partial charge on any atom is 0.136 e. The third kappa shape index (κ3) is 4.11. The fourth-order valence-corrected chi connectivity index (χ4v) is 1.20. The van der Waals surface area contributed by atoms with Crippen LogP contribution in [0.3, 0.4) is 0 Å². The summed E-state index contributed by atoms with van der Waals surface area (Å²) in [7, 11) is 0. The second-order valence-electron chi connectivity index (χ2n) is 3.21. The molecule has 2 heteroatoms. The first-order valence-electron chi connectivity index (χ1n) is 4.85. The van der Waals surface area contributed by atoms with Crippen LogP contribution in [0.2, 0.25) is 0 Å². The second kappa shape index (κ2) is 6.40. The number of allylic oxidation sites excluding steroid dienone is 2. The molecule has 0 atom stereocenters. The second-order valence-corrected chi connectivity index (χ2v) is 3.21. The van der Waals surface area contributed by atoms with Crippen molar-refractivity contribution in [2.75, 3.05) is 0 Å². The molecule has 1 rings (SSSR count).